The predicted octanol–water partition coefficient (Wildman–Crippen LogP) is 3.65. The summed E-state index contributed by atoms with van der Waals surface area (Å²) < 4.78 is 45.2. The van der Waals surface area contributed by atoms with Crippen LogP contribution in [0.2, 0.25) is 0 Å². The Morgan fingerprint density at radius 2 is 1.84 bits per heavy atom. The van der Waals surface area contributed by atoms with Gasteiger partial charge >= 0.3 is 0 Å². The molecule has 1 saturated heterocycles. The number of pyridine rings is 1. The first-order chi connectivity index (χ1) is 15.6. The molecule has 0 spiro atoms. The van der Waals surface area contributed by atoms with Crippen molar-refractivity contribution < 1.29 is 22.6 Å². The highest BCUT2D eigenvalue weighted by molar-refractivity contribution is 7.89. The van der Waals surface area contributed by atoms with Gasteiger partial charge in [-0.05, 0) is 41.5 Å². The first-order valence-electron chi connectivity index (χ1n) is 10.4. The van der Waals surface area contributed by atoms with Crippen molar-refractivity contribution >= 4 is 10.0 Å². The third-order valence-electron chi connectivity index (χ3n) is 5.23. The molecule has 1 aromatic heterocycles. The number of hydrogen-bond acceptors (Lipinski definition) is 6. The molecule has 0 N–H and O–H groups in total. The lowest BCUT2D eigenvalue weighted by Crippen LogP contribution is -2.30. The van der Waals surface area contributed by atoms with Gasteiger partial charge in [-0.3, -0.25) is 4.98 Å². The van der Waals surface area contributed by atoms with Crippen molar-refractivity contribution in [3.05, 3.63) is 84.2 Å². The van der Waals surface area contributed by atoms with E-state index < -0.39 is 10.0 Å². The van der Waals surface area contributed by atoms with Crippen LogP contribution in [-0.2, 0) is 27.8 Å². The van der Waals surface area contributed by atoms with Gasteiger partial charge in [-0.15, -0.1) is 0 Å². The standard InChI is InChI=1S/C24H26N2O5S/c1-29-24-14-19(9-10-23(24)31-21-11-13-30-18-21)16-26(17-20-6-5-12-25-15-20)32(27,28)22-7-3-2-4-8-22/h2-10,12,14-15,21H,11,13,16-18H2,1H3. The highest BCUT2D eigenvalue weighted by atomic mass is 32.2. The molecule has 0 amide bonds. The van der Waals surface area contributed by atoms with Gasteiger partial charge in [-0.2, -0.15) is 4.31 Å². The number of ether oxygens (including phenoxy) is 3. The Bertz CT molecular complexity index is 1120. The normalized spacial score (nSPS) is 16.2. The monoisotopic (exact) mass is 454 g/mol. The van der Waals surface area contributed by atoms with Gasteiger partial charge in [-0.25, -0.2) is 8.42 Å². The molecular weight excluding hydrogens is 428 g/mol. The minimum atomic E-state index is -3.73. The summed E-state index contributed by atoms with van der Waals surface area (Å²) in [6.07, 6.45) is 4.17. The van der Waals surface area contributed by atoms with Gasteiger partial charge in [-0.1, -0.05) is 30.3 Å². The molecule has 168 valence electrons. The van der Waals surface area contributed by atoms with Gasteiger partial charge in [0.1, 0.15) is 6.10 Å². The first kappa shape index (κ1) is 22.3. The third-order valence-corrected chi connectivity index (χ3v) is 7.04. The molecule has 7 nitrogen and oxygen atoms in total. The second kappa shape index (κ2) is 10.1. The molecule has 3 aromatic rings. The zero-order valence-corrected chi connectivity index (χ0v) is 18.7. The summed E-state index contributed by atoms with van der Waals surface area (Å²) in [5.74, 6) is 1.18. The summed E-state index contributed by atoms with van der Waals surface area (Å²) in [4.78, 5) is 4.37. The number of aromatic nitrogens is 1. The lowest BCUT2D eigenvalue weighted by molar-refractivity contribution is 0.138. The molecule has 4 rings (SSSR count). The van der Waals surface area contributed by atoms with E-state index in [0.29, 0.717) is 24.7 Å². The van der Waals surface area contributed by atoms with Crippen LogP contribution in [0, 0.1) is 0 Å². The van der Waals surface area contributed by atoms with Crippen LogP contribution in [0.3, 0.4) is 0 Å². The molecular formula is C24H26N2O5S. The molecule has 1 aliphatic rings. The SMILES string of the molecule is COc1cc(CN(Cc2cccnc2)S(=O)(=O)c2ccccc2)ccc1OC1CCOC1. The van der Waals surface area contributed by atoms with Crippen LogP contribution in [0.1, 0.15) is 17.5 Å². The van der Waals surface area contributed by atoms with E-state index in [0.717, 1.165) is 17.5 Å². The average molecular weight is 455 g/mol. The molecule has 0 radical (unpaired) electrons. The topological polar surface area (TPSA) is 78.0 Å². The molecule has 1 unspecified atom stereocenters. The van der Waals surface area contributed by atoms with Gasteiger partial charge in [0.15, 0.2) is 11.5 Å². The molecule has 1 fully saturated rings. The summed E-state index contributed by atoms with van der Waals surface area (Å²) in [6.45, 7) is 1.62. The number of rotatable bonds is 9. The van der Waals surface area contributed by atoms with Crippen molar-refractivity contribution in [2.45, 2.75) is 30.5 Å². The Labute approximate surface area is 188 Å². The molecule has 2 heterocycles. The summed E-state index contributed by atoms with van der Waals surface area (Å²) >= 11 is 0. The molecule has 1 aliphatic heterocycles. The number of benzene rings is 2. The summed E-state index contributed by atoms with van der Waals surface area (Å²) in [7, 11) is -2.15. The minimum Gasteiger partial charge on any atom is -0.493 e. The maximum Gasteiger partial charge on any atom is 0.243 e. The minimum absolute atomic E-state index is 0.00436. The van der Waals surface area contributed by atoms with E-state index in [2.05, 4.69) is 4.98 Å². The van der Waals surface area contributed by atoms with Crippen LogP contribution < -0.4 is 9.47 Å². The van der Waals surface area contributed by atoms with Crippen LogP contribution in [0.4, 0.5) is 0 Å². The Hall–Kier alpha value is -2.94. The highest BCUT2D eigenvalue weighted by Gasteiger charge is 2.26. The van der Waals surface area contributed by atoms with Crippen LogP contribution >= 0.6 is 0 Å². The van der Waals surface area contributed by atoms with E-state index in [-0.39, 0.29) is 24.1 Å². The van der Waals surface area contributed by atoms with E-state index in [9.17, 15) is 8.42 Å². The van der Waals surface area contributed by atoms with Crippen molar-refractivity contribution in [1.29, 1.82) is 0 Å². The van der Waals surface area contributed by atoms with Crippen molar-refractivity contribution in [2.75, 3.05) is 20.3 Å². The summed E-state index contributed by atoms with van der Waals surface area (Å²) in [5, 5.41) is 0. The summed E-state index contributed by atoms with van der Waals surface area (Å²) in [5.41, 5.74) is 1.60. The Morgan fingerprint density at radius 3 is 2.53 bits per heavy atom. The maximum atomic E-state index is 13.4. The van der Waals surface area contributed by atoms with Crippen LogP contribution in [-0.4, -0.2) is 44.1 Å². The fraction of sp³-hybridized carbons (Fsp3) is 0.292. The third kappa shape index (κ3) is 5.27. The second-order valence-electron chi connectivity index (χ2n) is 7.54. The smallest absolute Gasteiger partial charge is 0.243 e. The van der Waals surface area contributed by atoms with Gasteiger partial charge < -0.3 is 14.2 Å². The molecule has 0 saturated carbocycles. The fourth-order valence-electron chi connectivity index (χ4n) is 3.56. The molecule has 32 heavy (non-hydrogen) atoms. The van der Waals surface area contributed by atoms with Crippen molar-refractivity contribution in [2.24, 2.45) is 0 Å². The van der Waals surface area contributed by atoms with Crippen LogP contribution in [0.15, 0.2) is 78.0 Å². The Balaban J connectivity index is 1.61. The number of hydrogen-bond donors (Lipinski definition) is 0. The van der Waals surface area contributed by atoms with E-state index >= 15 is 0 Å². The molecule has 8 heteroatoms. The number of nitrogens with zero attached hydrogens (tertiary/aromatic N) is 2. The van der Waals surface area contributed by atoms with Crippen molar-refractivity contribution in [3.8, 4) is 11.5 Å². The van der Waals surface area contributed by atoms with E-state index in [1.54, 1.807) is 55.9 Å². The molecule has 0 bridgehead atoms. The van der Waals surface area contributed by atoms with Crippen molar-refractivity contribution in [1.82, 2.24) is 9.29 Å². The zero-order chi connectivity index (χ0) is 22.4. The van der Waals surface area contributed by atoms with E-state index in [1.807, 2.05) is 24.3 Å². The molecule has 1 atom stereocenters. The van der Waals surface area contributed by atoms with Crippen molar-refractivity contribution in [3.63, 3.8) is 0 Å². The maximum absolute atomic E-state index is 13.4. The highest BCUT2D eigenvalue weighted by Crippen LogP contribution is 2.31. The van der Waals surface area contributed by atoms with Gasteiger partial charge in [0.25, 0.3) is 0 Å². The molecule has 2 aromatic carbocycles. The van der Waals surface area contributed by atoms with Gasteiger partial charge in [0.05, 0.1) is 25.2 Å². The van der Waals surface area contributed by atoms with E-state index in [1.165, 1.54) is 4.31 Å². The van der Waals surface area contributed by atoms with Crippen LogP contribution in [0.5, 0.6) is 11.5 Å². The number of sulfonamides is 1. The van der Waals surface area contributed by atoms with Gasteiger partial charge in [0, 0.05) is 31.9 Å². The lowest BCUT2D eigenvalue weighted by Gasteiger charge is -2.23. The number of methoxy groups -OCH3 is 1. The summed E-state index contributed by atoms with van der Waals surface area (Å²) in [6, 6.07) is 17.6. The molecule has 0 aliphatic carbocycles. The first-order valence-corrected chi connectivity index (χ1v) is 11.9. The Morgan fingerprint density at radius 1 is 1.03 bits per heavy atom. The second-order valence-corrected chi connectivity index (χ2v) is 9.47. The quantitative estimate of drug-likeness (QED) is 0.491. The Kier molecular flexibility index (Phi) is 7.04. The van der Waals surface area contributed by atoms with Crippen LogP contribution in [0.25, 0.3) is 0 Å². The predicted molar refractivity (Wildman–Crippen MR) is 120 cm³/mol. The largest absolute Gasteiger partial charge is 0.493 e. The van der Waals surface area contributed by atoms with Gasteiger partial charge in [0.2, 0.25) is 10.0 Å². The average Bonchev–Trinajstić information content (AvgIpc) is 3.34. The zero-order valence-electron chi connectivity index (χ0n) is 17.9. The fourth-order valence-corrected chi connectivity index (χ4v) is 5.00. The van der Waals surface area contributed by atoms with E-state index in [4.69, 9.17) is 14.2 Å². The lowest BCUT2D eigenvalue weighted by atomic mass is 10.2.